The Hall–Kier alpha value is -1.10. The Balaban J connectivity index is 1.65. The van der Waals surface area contributed by atoms with E-state index in [1.54, 1.807) is 7.11 Å². The molecule has 2 saturated heterocycles. The Bertz CT molecular complexity index is 471. The van der Waals surface area contributed by atoms with Crippen LogP contribution < -0.4 is 10.1 Å². The van der Waals surface area contributed by atoms with E-state index < -0.39 is 0 Å². The lowest BCUT2D eigenvalue weighted by atomic mass is 9.89. The first-order chi connectivity index (χ1) is 10.2. The van der Waals surface area contributed by atoms with Crippen LogP contribution in [-0.2, 0) is 9.47 Å². The van der Waals surface area contributed by atoms with Crippen molar-refractivity contribution in [3.63, 3.8) is 0 Å². The van der Waals surface area contributed by atoms with Crippen molar-refractivity contribution in [2.24, 2.45) is 0 Å². The molecule has 2 fully saturated rings. The highest BCUT2D eigenvalue weighted by atomic mass is 16.6. The van der Waals surface area contributed by atoms with Crippen molar-refractivity contribution in [1.29, 1.82) is 0 Å². The summed E-state index contributed by atoms with van der Waals surface area (Å²) in [6.07, 6.45) is 3.11. The molecule has 1 aromatic rings. The normalized spacial score (nSPS) is 30.5. The summed E-state index contributed by atoms with van der Waals surface area (Å²) in [4.78, 5) is 0. The van der Waals surface area contributed by atoms with Crippen molar-refractivity contribution >= 4 is 0 Å². The third kappa shape index (κ3) is 3.23. The zero-order chi connectivity index (χ0) is 14.7. The third-order valence-corrected chi connectivity index (χ3v) is 4.65. The molecule has 116 valence electrons. The van der Waals surface area contributed by atoms with Crippen molar-refractivity contribution in [1.82, 2.24) is 5.32 Å². The summed E-state index contributed by atoms with van der Waals surface area (Å²) in [5, 5.41) is 3.75. The summed E-state index contributed by atoms with van der Waals surface area (Å²) in [7, 11) is 1.73. The molecular formula is C17H25NO3. The maximum absolute atomic E-state index is 6.00. The van der Waals surface area contributed by atoms with Gasteiger partial charge in [-0.1, -0.05) is 18.2 Å². The fourth-order valence-corrected chi connectivity index (χ4v) is 3.50. The van der Waals surface area contributed by atoms with Crippen LogP contribution in [0.15, 0.2) is 24.3 Å². The monoisotopic (exact) mass is 291 g/mol. The second-order valence-corrected chi connectivity index (χ2v) is 6.15. The fraction of sp³-hybridized carbons (Fsp3) is 0.647. The van der Waals surface area contributed by atoms with Gasteiger partial charge in [0.15, 0.2) is 0 Å². The molecule has 3 rings (SSSR count). The average Bonchev–Trinajstić information content (AvgIpc) is 2.95. The molecule has 0 amide bonds. The minimum Gasteiger partial charge on any atom is -0.496 e. The van der Waals surface area contributed by atoms with Gasteiger partial charge in [0.05, 0.1) is 19.3 Å². The van der Waals surface area contributed by atoms with Crippen LogP contribution in [0.4, 0.5) is 0 Å². The van der Waals surface area contributed by atoms with Gasteiger partial charge in [-0.3, -0.25) is 0 Å². The molecule has 1 aromatic carbocycles. The fourth-order valence-electron chi connectivity index (χ4n) is 3.50. The maximum atomic E-state index is 6.00. The van der Waals surface area contributed by atoms with Crippen LogP contribution in [-0.4, -0.2) is 38.6 Å². The Morgan fingerprint density at radius 3 is 2.95 bits per heavy atom. The van der Waals surface area contributed by atoms with Crippen LogP contribution >= 0.6 is 0 Å². The quantitative estimate of drug-likeness (QED) is 0.926. The number of hydrogen-bond acceptors (Lipinski definition) is 4. The van der Waals surface area contributed by atoms with Gasteiger partial charge in [-0.05, 0) is 25.8 Å². The van der Waals surface area contributed by atoms with E-state index in [0.717, 1.165) is 44.8 Å². The lowest BCUT2D eigenvalue weighted by Crippen LogP contribution is -2.48. The number of rotatable bonds is 4. The molecule has 0 aliphatic carbocycles. The number of nitrogens with one attached hydrogen (secondary N) is 1. The Morgan fingerprint density at radius 2 is 2.19 bits per heavy atom. The number of methoxy groups -OCH3 is 1. The van der Waals surface area contributed by atoms with Gasteiger partial charge in [0.2, 0.25) is 0 Å². The Kier molecular flexibility index (Phi) is 4.48. The Morgan fingerprint density at radius 1 is 1.33 bits per heavy atom. The molecule has 1 N–H and O–H groups in total. The van der Waals surface area contributed by atoms with Crippen molar-refractivity contribution in [2.75, 3.05) is 26.9 Å². The summed E-state index contributed by atoms with van der Waals surface area (Å²) in [6.45, 7) is 4.59. The minimum absolute atomic E-state index is 0.0452. The van der Waals surface area contributed by atoms with E-state index in [-0.39, 0.29) is 11.6 Å². The molecule has 2 heterocycles. The smallest absolute Gasteiger partial charge is 0.123 e. The molecule has 0 saturated carbocycles. The second kappa shape index (κ2) is 6.34. The van der Waals surface area contributed by atoms with Crippen molar-refractivity contribution in [3.05, 3.63) is 29.8 Å². The predicted octanol–water partition coefficient (Wildman–Crippen LogP) is 2.68. The van der Waals surface area contributed by atoms with E-state index in [4.69, 9.17) is 14.2 Å². The molecule has 0 radical (unpaired) electrons. The largest absolute Gasteiger partial charge is 0.496 e. The number of para-hydroxylation sites is 1. The molecule has 0 bridgehead atoms. The number of benzene rings is 1. The zero-order valence-corrected chi connectivity index (χ0v) is 12.9. The molecular weight excluding hydrogens is 266 g/mol. The molecule has 4 heteroatoms. The molecule has 21 heavy (non-hydrogen) atoms. The third-order valence-electron chi connectivity index (χ3n) is 4.65. The summed E-state index contributed by atoms with van der Waals surface area (Å²) in [6, 6.07) is 8.96. The van der Waals surface area contributed by atoms with Crippen LogP contribution in [0, 0.1) is 0 Å². The van der Waals surface area contributed by atoms with E-state index in [2.05, 4.69) is 24.4 Å². The van der Waals surface area contributed by atoms with Gasteiger partial charge in [0.25, 0.3) is 0 Å². The minimum atomic E-state index is -0.0452. The van der Waals surface area contributed by atoms with E-state index in [0.29, 0.717) is 6.04 Å². The summed E-state index contributed by atoms with van der Waals surface area (Å²) in [5.41, 5.74) is 1.17. The molecule has 2 aliphatic heterocycles. The van der Waals surface area contributed by atoms with Gasteiger partial charge in [0, 0.05) is 37.3 Å². The summed E-state index contributed by atoms with van der Waals surface area (Å²) >= 11 is 0. The van der Waals surface area contributed by atoms with Gasteiger partial charge < -0.3 is 19.5 Å². The van der Waals surface area contributed by atoms with E-state index in [1.165, 1.54) is 5.56 Å². The summed E-state index contributed by atoms with van der Waals surface area (Å²) < 4.78 is 17.0. The molecule has 3 atom stereocenters. The highest BCUT2D eigenvalue weighted by Gasteiger charge is 2.41. The van der Waals surface area contributed by atoms with Crippen LogP contribution in [0.25, 0.3) is 0 Å². The lowest BCUT2D eigenvalue weighted by Gasteiger charge is -2.38. The Labute approximate surface area is 126 Å². The first-order valence-corrected chi connectivity index (χ1v) is 7.83. The second-order valence-electron chi connectivity index (χ2n) is 6.15. The van der Waals surface area contributed by atoms with Gasteiger partial charge in [0.1, 0.15) is 5.75 Å². The molecule has 2 aliphatic rings. The zero-order valence-electron chi connectivity index (χ0n) is 12.9. The summed E-state index contributed by atoms with van der Waals surface area (Å²) in [5.74, 6) is 0.948. The molecule has 0 aromatic heterocycles. The van der Waals surface area contributed by atoms with Gasteiger partial charge in [-0.15, -0.1) is 0 Å². The molecule has 4 nitrogen and oxygen atoms in total. The number of ether oxygens (including phenoxy) is 3. The SMILES string of the molecule is COc1ccccc1[C@H](C)NC1CCOC2(CCOC2)C1. The first-order valence-electron chi connectivity index (χ1n) is 7.83. The van der Waals surface area contributed by atoms with Crippen molar-refractivity contribution < 1.29 is 14.2 Å². The standard InChI is InChI=1S/C17H25NO3/c1-13(15-5-3-4-6-16(15)19-2)18-14-7-9-21-17(11-14)8-10-20-12-17/h3-6,13-14,18H,7-12H2,1-2H3/t13-,14?,17?/m0/s1. The van der Waals surface area contributed by atoms with Gasteiger partial charge in [-0.25, -0.2) is 0 Å². The maximum Gasteiger partial charge on any atom is 0.123 e. The predicted molar refractivity (Wildman–Crippen MR) is 81.7 cm³/mol. The molecule has 1 spiro atoms. The average molecular weight is 291 g/mol. The van der Waals surface area contributed by atoms with Crippen molar-refractivity contribution in [2.45, 2.75) is 43.9 Å². The number of hydrogen-bond donors (Lipinski definition) is 1. The van der Waals surface area contributed by atoms with Gasteiger partial charge in [-0.2, -0.15) is 0 Å². The molecule has 2 unspecified atom stereocenters. The van der Waals surface area contributed by atoms with Crippen LogP contribution in [0.2, 0.25) is 0 Å². The topological polar surface area (TPSA) is 39.7 Å². The van der Waals surface area contributed by atoms with Crippen LogP contribution in [0.1, 0.15) is 37.8 Å². The van der Waals surface area contributed by atoms with E-state index in [9.17, 15) is 0 Å². The first kappa shape index (κ1) is 14.8. The van der Waals surface area contributed by atoms with E-state index in [1.807, 2.05) is 12.1 Å². The van der Waals surface area contributed by atoms with Crippen LogP contribution in [0.3, 0.4) is 0 Å². The lowest BCUT2D eigenvalue weighted by molar-refractivity contribution is -0.0902. The van der Waals surface area contributed by atoms with Crippen LogP contribution in [0.5, 0.6) is 5.75 Å². The highest BCUT2D eigenvalue weighted by Crippen LogP contribution is 2.34. The highest BCUT2D eigenvalue weighted by molar-refractivity contribution is 5.35. The van der Waals surface area contributed by atoms with Crippen molar-refractivity contribution in [3.8, 4) is 5.75 Å². The van der Waals surface area contributed by atoms with E-state index >= 15 is 0 Å². The van der Waals surface area contributed by atoms with Gasteiger partial charge >= 0.3 is 0 Å².